The highest BCUT2D eigenvalue weighted by Gasteiger charge is 2.19. The molecular weight excluding hydrogens is 172 g/mol. The summed E-state index contributed by atoms with van der Waals surface area (Å²) in [5.74, 6) is 0.911. The Morgan fingerprint density at radius 2 is 1.93 bits per heavy atom. The highest BCUT2D eigenvalue weighted by molar-refractivity contribution is 4.91. The third-order valence-corrected chi connectivity index (χ3v) is 3.53. The SMILES string of the molecule is NC1CCN(CC2CC=CCC2)CC1. The number of hydrogen-bond donors (Lipinski definition) is 1. The van der Waals surface area contributed by atoms with Gasteiger partial charge in [0.15, 0.2) is 0 Å². The lowest BCUT2D eigenvalue weighted by Crippen LogP contribution is -2.41. The monoisotopic (exact) mass is 194 g/mol. The summed E-state index contributed by atoms with van der Waals surface area (Å²) in [7, 11) is 0. The third-order valence-electron chi connectivity index (χ3n) is 3.53. The second-order valence-corrected chi connectivity index (χ2v) is 4.79. The number of rotatable bonds is 2. The van der Waals surface area contributed by atoms with E-state index in [4.69, 9.17) is 5.73 Å². The Bertz CT molecular complexity index is 192. The van der Waals surface area contributed by atoms with Gasteiger partial charge in [-0.1, -0.05) is 12.2 Å². The van der Waals surface area contributed by atoms with E-state index in [0.29, 0.717) is 6.04 Å². The first kappa shape index (κ1) is 10.2. The topological polar surface area (TPSA) is 29.3 Å². The van der Waals surface area contributed by atoms with Crippen molar-refractivity contribution in [2.24, 2.45) is 11.7 Å². The van der Waals surface area contributed by atoms with E-state index in [1.165, 1.54) is 51.7 Å². The minimum absolute atomic E-state index is 0.470. The zero-order valence-electron chi connectivity index (χ0n) is 8.99. The van der Waals surface area contributed by atoms with Crippen LogP contribution >= 0.6 is 0 Å². The van der Waals surface area contributed by atoms with Gasteiger partial charge in [0.1, 0.15) is 0 Å². The largest absolute Gasteiger partial charge is 0.328 e. The summed E-state index contributed by atoms with van der Waals surface area (Å²) in [6.45, 7) is 3.75. The maximum absolute atomic E-state index is 5.89. The fraction of sp³-hybridized carbons (Fsp3) is 0.833. The van der Waals surface area contributed by atoms with Gasteiger partial charge in [-0.2, -0.15) is 0 Å². The smallest absolute Gasteiger partial charge is 0.00631 e. The average Bonchev–Trinajstić information content (AvgIpc) is 2.23. The van der Waals surface area contributed by atoms with Gasteiger partial charge in [0.2, 0.25) is 0 Å². The van der Waals surface area contributed by atoms with E-state index in [0.717, 1.165) is 5.92 Å². The Morgan fingerprint density at radius 1 is 1.14 bits per heavy atom. The first-order valence-electron chi connectivity index (χ1n) is 5.97. The van der Waals surface area contributed by atoms with Crippen molar-refractivity contribution in [3.63, 3.8) is 0 Å². The van der Waals surface area contributed by atoms with Crippen LogP contribution in [0.1, 0.15) is 32.1 Å². The van der Waals surface area contributed by atoms with E-state index in [9.17, 15) is 0 Å². The molecule has 0 amide bonds. The van der Waals surface area contributed by atoms with Crippen LogP contribution in [0, 0.1) is 5.92 Å². The summed E-state index contributed by atoms with van der Waals surface area (Å²) in [5.41, 5.74) is 5.89. The third kappa shape index (κ3) is 2.82. The van der Waals surface area contributed by atoms with E-state index >= 15 is 0 Å². The summed E-state index contributed by atoms with van der Waals surface area (Å²) in [6.07, 6.45) is 11.0. The molecule has 2 heteroatoms. The Morgan fingerprint density at radius 3 is 2.57 bits per heavy atom. The Kier molecular flexibility index (Phi) is 3.60. The lowest BCUT2D eigenvalue weighted by atomic mass is 9.93. The highest BCUT2D eigenvalue weighted by atomic mass is 15.1. The van der Waals surface area contributed by atoms with Gasteiger partial charge in [-0.3, -0.25) is 0 Å². The van der Waals surface area contributed by atoms with Crippen LogP contribution in [0.5, 0.6) is 0 Å². The molecule has 1 aliphatic heterocycles. The molecule has 0 aromatic rings. The second kappa shape index (κ2) is 4.94. The van der Waals surface area contributed by atoms with Crippen molar-refractivity contribution in [1.29, 1.82) is 0 Å². The molecule has 1 aliphatic carbocycles. The van der Waals surface area contributed by atoms with Gasteiger partial charge in [-0.25, -0.2) is 0 Å². The maximum atomic E-state index is 5.89. The van der Waals surface area contributed by atoms with Crippen molar-refractivity contribution in [3.8, 4) is 0 Å². The molecule has 0 bridgehead atoms. The van der Waals surface area contributed by atoms with Gasteiger partial charge in [-0.15, -0.1) is 0 Å². The molecule has 2 N–H and O–H groups in total. The highest BCUT2D eigenvalue weighted by Crippen LogP contribution is 2.20. The normalized spacial score (nSPS) is 30.8. The molecule has 0 spiro atoms. The number of nitrogens with two attached hydrogens (primary N) is 1. The predicted molar refractivity (Wildman–Crippen MR) is 60.1 cm³/mol. The van der Waals surface area contributed by atoms with Gasteiger partial charge >= 0.3 is 0 Å². The number of likely N-dealkylation sites (tertiary alicyclic amines) is 1. The molecular formula is C12H22N2. The van der Waals surface area contributed by atoms with Crippen LogP contribution in [0.4, 0.5) is 0 Å². The van der Waals surface area contributed by atoms with Gasteiger partial charge in [0.25, 0.3) is 0 Å². The molecule has 1 saturated heterocycles. The maximum Gasteiger partial charge on any atom is 0.00631 e. The van der Waals surface area contributed by atoms with Crippen LogP contribution in [0.2, 0.25) is 0 Å². The van der Waals surface area contributed by atoms with Gasteiger partial charge in [0, 0.05) is 12.6 Å². The van der Waals surface area contributed by atoms with E-state index in [2.05, 4.69) is 17.1 Å². The summed E-state index contributed by atoms with van der Waals surface area (Å²) >= 11 is 0. The lowest BCUT2D eigenvalue weighted by Gasteiger charge is -2.33. The molecule has 14 heavy (non-hydrogen) atoms. The molecule has 0 saturated carbocycles. The molecule has 2 rings (SSSR count). The van der Waals surface area contributed by atoms with E-state index in [1.54, 1.807) is 0 Å². The van der Waals surface area contributed by atoms with Crippen LogP contribution in [0.3, 0.4) is 0 Å². The fourth-order valence-corrected chi connectivity index (χ4v) is 2.52. The van der Waals surface area contributed by atoms with Gasteiger partial charge in [-0.05, 0) is 51.1 Å². The summed E-state index contributed by atoms with van der Waals surface area (Å²) in [4.78, 5) is 2.60. The van der Waals surface area contributed by atoms with Crippen molar-refractivity contribution >= 4 is 0 Å². The fourth-order valence-electron chi connectivity index (χ4n) is 2.52. The number of nitrogens with zero attached hydrogens (tertiary/aromatic N) is 1. The number of hydrogen-bond acceptors (Lipinski definition) is 2. The number of piperidine rings is 1. The van der Waals surface area contributed by atoms with Crippen LogP contribution < -0.4 is 5.73 Å². The van der Waals surface area contributed by atoms with Gasteiger partial charge in [0.05, 0.1) is 0 Å². The first-order valence-corrected chi connectivity index (χ1v) is 5.97. The van der Waals surface area contributed by atoms with Crippen molar-refractivity contribution in [2.75, 3.05) is 19.6 Å². The van der Waals surface area contributed by atoms with Crippen LogP contribution in [0.25, 0.3) is 0 Å². The molecule has 0 radical (unpaired) electrons. The number of allylic oxidation sites excluding steroid dienone is 2. The van der Waals surface area contributed by atoms with Crippen LogP contribution in [0.15, 0.2) is 12.2 Å². The molecule has 80 valence electrons. The Labute approximate surface area is 87.2 Å². The summed E-state index contributed by atoms with van der Waals surface area (Å²) < 4.78 is 0. The Balaban J connectivity index is 1.72. The van der Waals surface area contributed by atoms with Crippen molar-refractivity contribution in [2.45, 2.75) is 38.1 Å². The second-order valence-electron chi connectivity index (χ2n) is 4.79. The van der Waals surface area contributed by atoms with Crippen LogP contribution in [-0.2, 0) is 0 Å². The lowest BCUT2D eigenvalue weighted by molar-refractivity contribution is 0.178. The summed E-state index contributed by atoms with van der Waals surface area (Å²) in [6, 6.07) is 0.470. The van der Waals surface area contributed by atoms with E-state index in [-0.39, 0.29) is 0 Å². The molecule has 1 heterocycles. The van der Waals surface area contributed by atoms with Crippen molar-refractivity contribution in [1.82, 2.24) is 4.90 Å². The zero-order chi connectivity index (χ0) is 9.80. The van der Waals surface area contributed by atoms with Crippen LogP contribution in [-0.4, -0.2) is 30.6 Å². The molecule has 1 fully saturated rings. The summed E-state index contributed by atoms with van der Waals surface area (Å²) in [5, 5.41) is 0. The van der Waals surface area contributed by atoms with Gasteiger partial charge < -0.3 is 10.6 Å². The standard InChI is InChI=1S/C12H22N2/c13-12-6-8-14(9-7-12)10-11-4-2-1-3-5-11/h1-2,11-12H,3-10,13H2. The first-order chi connectivity index (χ1) is 6.84. The van der Waals surface area contributed by atoms with Crippen molar-refractivity contribution < 1.29 is 0 Å². The average molecular weight is 194 g/mol. The minimum atomic E-state index is 0.470. The molecule has 2 nitrogen and oxygen atoms in total. The quantitative estimate of drug-likeness (QED) is 0.679. The molecule has 2 aliphatic rings. The molecule has 1 unspecified atom stereocenters. The van der Waals surface area contributed by atoms with E-state index in [1.807, 2.05) is 0 Å². The van der Waals surface area contributed by atoms with E-state index < -0.39 is 0 Å². The zero-order valence-corrected chi connectivity index (χ0v) is 8.99. The predicted octanol–water partition coefficient (Wildman–Crippen LogP) is 1.77. The Hall–Kier alpha value is -0.340. The molecule has 0 aromatic heterocycles. The van der Waals surface area contributed by atoms with Crippen molar-refractivity contribution in [3.05, 3.63) is 12.2 Å². The molecule has 1 atom stereocenters. The minimum Gasteiger partial charge on any atom is -0.328 e. The molecule has 0 aromatic carbocycles.